The number of carbonyl (C=O) groups excluding carboxylic acids is 1. The largest absolute Gasteiger partial charge is 0.444 e. The minimum Gasteiger partial charge on any atom is -0.444 e. The zero-order valence-electron chi connectivity index (χ0n) is 10.7. The van der Waals surface area contributed by atoms with Gasteiger partial charge in [-0.05, 0) is 33.8 Å². The van der Waals surface area contributed by atoms with Gasteiger partial charge in [-0.15, -0.1) is 0 Å². The van der Waals surface area contributed by atoms with Gasteiger partial charge in [-0.2, -0.15) is 0 Å². The van der Waals surface area contributed by atoms with Crippen LogP contribution in [-0.4, -0.2) is 28.2 Å². The van der Waals surface area contributed by atoms with Gasteiger partial charge in [0.2, 0.25) is 0 Å². The smallest absolute Gasteiger partial charge is 0.407 e. The maximum Gasteiger partial charge on any atom is 0.407 e. The monoisotopic (exact) mass is 237 g/mol. The maximum absolute atomic E-state index is 11.3. The Morgan fingerprint density at radius 1 is 1.59 bits per heavy atom. The first kappa shape index (κ1) is 13.3. The SMILES string of the molecule is Cc1[nH]cnc1C=CCNC(=O)OC(C)(C)C. The predicted molar refractivity (Wildman–Crippen MR) is 66.6 cm³/mol. The Balaban J connectivity index is 2.31. The molecule has 0 aliphatic heterocycles. The summed E-state index contributed by atoms with van der Waals surface area (Å²) >= 11 is 0. The van der Waals surface area contributed by atoms with E-state index in [2.05, 4.69) is 15.3 Å². The van der Waals surface area contributed by atoms with E-state index in [1.165, 1.54) is 0 Å². The van der Waals surface area contributed by atoms with Crippen molar-refractivity contribution in [2.24, 2.45) is 0 Å². The first-order chi connectivity index (χ1) is 7.88. The summed E-state index contributed by atoms with van der Waals surface area (Å²) < 4.78 is 5.09. The summed E-state index contributed by atoms with van der Waals surface area (Å²) in [7, 11) is 0. The fourth-order valence-corrected chi connectivity index (χ4v) is 1.16. The van der Waals surface area contributed by atoms with Gasteiger partial charge in [0.1, 0.15) is 5.60 Å². The minimum absolute atomic E-state index is 0.416. The molecule has 94 valence electrons. The van der Waals surface area contributed by atoms with E-state index in [1.54, 1.807) is 6.33 Å². The van der Waals surface area contributed by atoms with E-state index in [0.29, 0.717) is 6.54 Å². The normalized spacial score (nSPS) is 11.8. The highest BCUT2D eigenvalue weighted by atomic mass is 16.6. The molecule has 0 atom stereocenters. The van der Waals surface area contributed by atoms with Gasteiger partial charge in [-0.25, -0.2) is 9.78 Å². The topological polar surface area (TPSA) is 67.0 Å². The third-order valence-corrected chi connectivity index (χ3v) is 1.91. The molecule has 0 aliphatic carbocycles. The number of aromatic amines is 1. The zero-order valence-corrected chi connectivity index (χ0v) is 10.7. The Kier molecular flexibility index (Phi) is 4.31. The second-order valence-corrected chi connectivity index (χ2v) is 4.70. The molecule has 0 saturated carbocycles. The van der Waals surface area contributed by atoms with Crippen LogP contribution < -0.4 is 5.32 Å². The Hall–Kier alpha value is -1.78. The number of hydrogen-bond acceptors (Lipinski definition) is 3. The molecule has 5 nitrogen and oxygen atoms in total. The fourth-order valence-electron chi connectivity index (χ4n) is 1.16. The van der Waals surface area contributed by atoms with Crippen molar-refractivity contribution in [1.82, 2.24) is 15.3 Å². The van der Waals surface area contributed by atoms with E-state index in [-0.39, 0.29) is 0 Å². The van der Waals surface area contributed by atoms with Gasteiger partial charge in [-0.3, -0.25) is 0 Å². The van der Waals surface area contributed by atoms with Crippen LogP contribution >= 0.6 is 0 Å². The molecule has 0 bridgehead atoms. The number of nitrogens with zero attached hydrogens (tertiary/aromatic N) is 1. The van der Waals surface area contributed by atoms with Crippen LogP contribution in [0.4, 0.5) is 4.79 Å². The molecular formula is C12H19N3O2. The summed E-state index contributed by atoms with van der Waals surface area (Å²) in [6.07, 6.45) is 4.90. The lowest BCUT2D eigenvalue weighted by molar-refractivity contribution is 0.0534. The molecule has 0 saturated heterocycles. The summed E-state index contributed by atoms with van der Waals surface area (Å²) in [5.41, 5.74) is 1.40. The Labute approximate surface area is 101 Å². The fraction of sp³-hybridized carbons (Fsp3) is 0.500. The molecule has 0 radical (unpaired) electrons. The van der Waals surface area contributed by atoms with Gasteiger partial charge in [-0.1, -0.05) is 6.08 Å². The second kappa shape index (κ2) is 5.52. The highest BCUT2D eigenvalue weighted by Crippen LogP contribution is 2.06. The molecule has 0 unspecified atom stereocenters. The van der Waals surface area contributed by atoms with E-state index in [9.17, 15) is 4.79 Å². The molecule has 0 aliphatic rings. The van der Waals surface area contributed by atoms with Crippen molar-refractivity contribution in [2.45, 2.75) is 33.3 Å². The van der Waals surface area contributed by atoms with Crippen molar-refractivity contribution >= 4 is 12.2 Å². The molecular weight excluding hydrogens is 218 g/mol. The van der Waals surface area contributed by atoms with Crippen molar-refractivity contribution in [1.29, 1.82) is 0 Å². The van der Waals surface area contributed by atoms with Crippen molar-refractivity contribution < 1.29 is 9.53 Å². The van der Waals surface area contributed by atoms with Crippen molar-refractivity contribution in [3.05, 3.63) is 23.8 Å². The molecule has 0 spiro atoms. The number of imidazole rings is 1. The van der Waals surface area contributed by atoms with Crippen LogP contribution in [-0.2, 0) is 4.74 Å². The summed E-state index contributed by atoms with van der Waals surface area (Å²) in [4.78, 5) is 18.4. The van der Waals surface area contributed by atoms with Gasteiger partial charge in [0, 0.05) is 12.2 Å². The number of H-pyrrole nitrogens is 1. The van der Waals surface area contributed by atoms with Crippen LogP contribution in [0.25, 0.3) is 6.08 Å². The van der Waals surface area contributed by atoms with Crippen LogP contribution in [0.15, 0.2) is 12.4 Å². The summed E-state index contributed by atoms with van der Waals surface area (Å²) in [5.74, 6) is 0. The maximum atomic E-state index is 11.3. The number of rotatable bonds is 3. The van der Waals surface area contributed by atoms with Crippen molar-refractivity contribution in [3.63, 3.8) is 0 Å². The Bertz CT molecular complexity index is 402. The summed E-state index contributed by atoms with van der Waals surface area (Å²) in [6, 6.07) is 0. The second-order valence-electron chi connectivity index (χ2n) is 4.70. The summed E-state index contributed by atoms with van der Waals surface area (Å²) in [5, 5.41) is 2.64. The third kappa shape index (κ3) is 5.19. The highest BCUT2D eigenvalue weighted by Gasteiger charge is 2.14. The quantitative estimate of drug-likeness (QED) is 0.847. The van der Waals surface area contributed by atoms with Gasteiger partial charge < -0.3 is 15.0 Å². The molecule has 1 aromatic heterocycles. The van der Waals surface area contributed by atoms with Gasteiger partial charge in [0.15, 0.2) is 0 Å². The minimum atomic E-state index is -0.466. The molecule has 17 heavy (non-hydrogen) atoms. The molecule has 2 N–H and O–H groups in total. The average Bonchev–Trinajstić information content (AvgIpc) is 2.56. The predicted octanol–water partition coefficient (Wildman–Crippen LogP) is 2.26. The van der Waals surface area contributed by atoms with Crippen LogP contribution in [0.2, 0.25) is 0 Å². The Morgan fingerprint density at radius 3 is 2.82 bits per heavy atom. The number of hydrogen-bond donors (Lipinski definition) is 2. The standard InChI is InChI=1S/C12H19N3O2/c1-9-10(15-8-14-9)6-5-7-13-11(16)17-12(2,3)4/h5-6,8H,7H2,1-4H3,(H,13,16)(H,14,15). The first-order valence-corrected chi connectivity index (χ1v) is 5.52. The van der Waals surface area contributed by atoms with E-state index >= 15 is 0 Å². The molecule has 1 rings (SSSR count). The van der Waals surface area contributed by atoms with Crippen LogP contribution in [0.3, 0.4) is 0 Å². The molecule has 1 amide bonds. The van der Waals surface area contributed by atoms with Gasteiger partial charge >= 0.3 is 6.09 Å². The van der Waals surface area contributed by atoms with Crippen molar-refractivity contribution in [3.8, 4) is 0 Å². The number of carbonyl (C=O) groups is 1. The van der Waals surface area contributed by atoms with Crippen LogP contribution in [0.5, 0.6) is 0 Å². The average molecular weight is 237 g/mol. The van der Waals surface area contributed by atoms with E-state index in [4.69, 9.17) is 4.74 Å². The Morgan fingerprint density at radius 2 is 2.29 bits per heavy atom. The molecule has 0 aromatic carbocycles. The number of nitrogens with one attached hydrogen (secondary N) is 2. The zero-order chi connectivity index (χ0) is 12.9. The van der Waals surface area contributed by atoms with E-state index in [1.807, 2.05) is 39.8 Å². The molecule has 1 heterocycles. The molecule has 1 aromatic rings. The van der Waals surface area contributed by atoms with E-state index < -0.39 is 11.7 Å². The lowest BCUT2D eigenvalue weighted by Gasteiger charge is -2.19. The number of amides is 1. The number of alkyl carbamates (subject to hydrolysis) is 1. The van der Waals surface area contributed by atoms with Gasteiger partial charge in [0.25, 0.3) is 0 Å². The highest BCUT2D eigenvalue weighted by molar-refractivity contribution is 5.68. The third-order valence-electron chi connectivity index (χ3n) is 1.91. The van der Waals surface area contributed by atoms with Crippen LogP contribution in [0, 0.1) is 6.92 Å². The summed E-state index contributed by atoms with van der Waals surface area (Å²) in [6.45, 7) is 7.84. The van der Waals surface area contributed by atoms with Crippen LogP contribution in [0.1, 0.15) is 32.2 Å². The lowest BCUT2D eigenvalue weighted by Crippen LogP contribution is -2.32. The van der Waals surface area contributed by atoms with E-state index in [0.717, 1.165) is 11.4 Å². The molecule has 0 fully saturated rings. The first-order valence-electron chi connectivity index (χ1n) is 5.52. The lowest BCUT2D eigenvalue weighted by atomic mass is 10.2. The number of aromatic nitrogens is 2. The number of aryl methyl sites for hydroxylation is 1. The van der Waals surface area contributed by atoms with Gasteiger partial charge in [0.05, 0.1) is 12.0 Å². The number of ether oxygens (including phenoxy) is 1. The molecule has 5 heteroatoms. The van der Waals surface area contributed by atoms with Crippen molar-refractivity contribution in [2.75, 3.05) is 6.54 Å².